The summed E-state index contributed by atoms with van der Waals surface area (Å²) < 4.78 is 11.2. The van der Waals surface area contributed by atoms with E-state index in [1.807, 2.05) is 16.8 Å². The van der Waals surface area contributed by atoms with Gasteiger partial charge in [-0.05, 0) is 35.7 Å². The number of primary amides is 1. The van der Waals surface area contributed by atoms with Gasteiger partial charge in [-0.15, -0.1) is 10.2 Å². The van der Waals surface area contributed by atoms with Gasteiger partial charge in [0.1, 0.15) is 5.75 Å². The molecule has 0 aliphatic rings. The van der Waals surface area contributed by atoms with Crippen LogP contribution >= 0.6 is 11.3 Å². The van der Waals surface area contributed by atoms with Gasteiger partial charge in [-0.25, -0.2) is 4.98 Å². The predicted molar refractivity (Wildman–Crippen MR) is 114 cm³/mol. The molecule has 4 aromatic rings. The zero-order chi connectivity index (χ0) is 21.6. The SMILES string of the molecule is NC(=O)c1cccc(Oc2ccc(NC(=O)CCc3nnc(-c4ccsc4)o3)cn2)c1. The summed E-state index contributed by atoms with van der Waals surface area (Å²) in [6, 6.07) is 11.6. The van der Waals surface area contributed by atoms with Crippen molar-refractivity contribution in [1.29, 1.82) is 0 Å². The molecular formula is C21H17N5O4S. The Morgan fingerprint density at radius 1 is 1.16 bits per heavy atom. The van der Waals surface area contributed by atoms with Crippen LogP contribution in [0.25, 0.3) is 11.5 Å². The van der Waals surface area contributed by atoms with Crippen LogP contribution < -0.4 is 15.8 Å². The van der Waals surface area contributed by atoms with E-state index in [4.69, 9.17) is 14.9 Å². The first-order chi connectivity index (χ1) is 15.1. The summed E-state index contributed by atoms with van der Waals surface area (Å²) in [5, 5.41) is 14.6. The molecule has 0 aliphatic heterocycles. The lowest BCUT2D eigenvalue weighted by Gasteiger charge is -2.07. The van der Waals surface area contributed by atoms with Crippen molar-refractivity contribution in [3.63, 3.8) is 0 Å². The molecule has 4 rings (SSSR count). The summed E-state index contributed by atoms with van der Waals surface area (Å²) in [7, 11) is 0. The Hall–Kier alpha value is -4.05. The van der Waals surface area contributed by atoms with E-state index in [1.165, 1.54) is 12.3 Å². The second-order valence-corrected chi connectivity index (χ2v) is 7.22. The highest BCUT2D eigenvalue weighted by atomic mass is 32.1. The number of benzene rings is 1. The number of nitrogens with two attached hydrogens (primary N) is 1. The number of rotatable bonds is 8. The van der Waals surface area contributed by atoms with Crippen molar-refractivity contribution in [2.45, 2.75) is 12.8 Å². The summed E-state index contributed by atoms with van der Waals surface area (Å²) in [5.74, 6) is 0.835. The number of carbonyl (C=O) groups excluding carboxylic acids is 2. The number of aryl methyl sites for hydroxylation is 1. The van der Waals surface area contributed by atoms with E-state index < -0.39 is 5.91 Å². The molecule has 0 atom stereocenters. The fourth-order valence-electron chi connectivity index (χ4n) is 2.65. The van der Waals surface area contributed by atoms with Crippen LogP contribution in [0, 0.1) is 0 Å². The number of pyridine rings is 1. The van der Waals surface area contributed by atoms with Gasteiger partial charge in [0.15, 0.2) is 0 Å². The molecule has 31 heavy (non-hydrogen) atoms. The fraction of sp³-hybridized carbons (Fsp3) is 0.0952. The minimum atomic E-state index is -0.542. The van der Waals surface area contributed by atoms with Crippen molar-refractivity contribution in [2.24, 2.45) is 5.73 Å². The molecule has 1 aromatic carbocycles. The smallest absolute Gasteiger partial charge is 0.248 e. The van der Waals surface area contributed by atoms with Gasteiger partial charge in [-0.1, -0.05) is 6.07 Å². The summed E-state index contributed by atoms with van der Waals surface area (Å²) >= 11 is 1.54. The Labute approximate surface area is 180 Å². The molecule has 0 spiro atoms. The van der Waals surface area contributed by atoms with Gasteiger partial charge in [-0.3, -0.25) is 9.59 Å². The number of aromatic nitrogens is 3. The van der Waals surface area contributed by atoms with Gasteiger partial charge in [-0.2, -0.15) is 11.3 Å². The quantitative estimate of drug-likeness (QED) is 0.431. The number of anilines is 1. The van der Waals surface area contributed by atoms with E-state index in [0.717, 1.165) is 5.56 Å². The molecule has 3 N–H and O–H groups in total. The molecule has 3 aromatic heterocycles. The average molecular weight is 435 g/mol. The van der Waals surface area contributed by atoms with Crippen LogP contribution in [0.1, 0.15) is 22.7 Å². The highest BCUT2D eigenvalue weighted by molar-refractivity contribution is 7.08. The van der Waals surface area contributed by atoms with Gasteiger partial charge in [0.25, 0.3) is 0 Å². The molecule has 10 heteroatoms. The number of carbonyl (C=O) groups is 2. The maximum absolute atomic E-state index is 12.2. The van der Waals surface area contributed by atoms with Crippen LogP contribution in [0.2, 0.25) is 0 Å². The van der Waals surface area contributed by atoms with Crippen molar-refractivity contribution in [3.05, 3.63) is 70.9 Å². The van der Waals surface area contributed by atoms with Gasteiger partial charge < -0.3 is 20.2 Å². The summed E-state index contributed by atoms with van der Waals surface area (Å²) in [6.07, 6.45) is 1.99. The van der Waals surface area contributed by atoms with E-state index in [2.05, 4.69) is 20.5 Å². The Morgan fingerprint density at radius 3 is 2.81 bits per heavy atom. The summed E-state index contributed by atoms with van der Waals surface area (Å²) in [5.41, 5.74) is 6.99. The molecule has 0 bridgehead atoms. The molecule has 156 valence electrons. The molecule has 0 unspecified atom stereocenters. The normalized spacial score (nSPS) is 10.6. The summed E-state index contributed by atoms with van der Waals surface area (Å²) in [6.45, 7) is 0. The van der Waals surface area contributed by atoms with Crippen LogP contribution in [0.4, 0.5) is 5.69 Å². The Balaban J connectivity index is 1.29. The van der Waals surface area contributed by atoms with Crippen LogP contribution in [0.15, 0.2) is 63.8 Å². The topological polar surface area (TPSA) is 133 Å². The number of amides is 2. The number of hydrogen-bond donors (Lipinski definition) is 2. The molecule has 0 fully saturated rings. The largest absolute Gasteiger partial charge is 0.439 e. The first kappa shape index (κ1) is 20.2. The third kappa shape index (κ3) is 5.31. The lowest BCUT2D eigenvalue weighted by atomic mass is 10.2. The van der Waals surface area contributed by atoms with Crippen LogP contribution in [0.3, 0.4) is 0 Å². The number of nitrogens with one attached hydrogen (secondary N) is 1. The summed E-state index contributed by atoms with van der Waals surface area (Å²) in [4.78, 5) is 27.6. The van der Waals surface area contributed by atoms with Gasteiger partial charge in [0.2, 0.25) is 29.5 Å². The number of hydrogen-bond acceptors (Lipinski definition) is 8. The Morgan fingerprint density at radius 2 is 2.06 bits per heavy atom. The van der Waals surface area contributed by atoms with E-state index >= 15 is 0 Å². The first-order valence-electron chi connectivity index (χ1n) is 9.25. The predicted octanol–water partition coefficient (Wildman–Crippen LogP) is 3.66. The zero-order valence-corrected chi connectivity index (χ0v) is 17.0. The highest BCUT2D eigenvalue weighted by Gasteiger charge is 2.11. The van der Waals surface area contributed by atoms with Crippen molar-refractivity contribution >= 4 is 28.8 Å². The second kappa shape index (κ2) is 9.18. The van der Waals surface area contributed by atoms with Crippen molar-refractivity contribution in [2.75, 3.05) is 5.32 Å². The standard InChI is InChI=1S/C21H17N5O4S/c22-20(28)13-2-1-3-16(10-13)29-18-6-4-15(11-23-18)24-17(27)5-7-19-25-26-21(30-19)14-8-9-31-12-14/h1-4,6,8-12H,5,7H2,(H2,22,28)(H,24,27). The molecule has 0 aliphatic carbocycles. The zero-order valence-electron chi connectivity index (χ0n) is 16.1. The molecule has 0 saturated carbocycles. The van der Waals surface area contributed by atoms with Crippen LogP contribution in [-0.4, -0.2) is 27.0 Å². The molecule has 3 heterocycles. The number of nitrogens with zero attached hydrogens (tertiary/aromatic N) is 3. The Bertz CT molecular complexity index is 1190. The molecule has 0 radical (unpaired) electrons. The molecular weight excluding hydrogens is 418 g/mol. The average Bonchev–Trinajstić information content (AvgIpc) is 3.46. The van der Waals surface area contributed by atoms with Crippen molar-refractivity contribution in [1.82, 2.24) is 15.2 Å². The minimum Gasteiger partial charge on any atom is -0.439 e. The van der Waals surface area contributed by atoms with E-state index in [9.17, 15) is 9.59 Å². The van der Waals surface area contributed by atoms with Crippen molar-refractivity contribution < 1.29 is 18.7 Å². The van der Waals surface area contributed by atoms with Crippen LogP contribution in [0.5, 0.6) is 11.6 Å². The third-order valence-electron chi connectivity index (χ3n) is 4.16. The number of thiophene rings is 1. The lowest BCUT2D eigenvalue weighted by molar-refractivity contribution is -0.116. The maximum atomic E-state index is 12.2. The van der Waals surface area contributed by atoms with Gasteiger partial charge in [0, 0.05) is 35.4 Å². The Kier molecular flexibility index (Phi) is 5.99. The van der Waals surface area contributed by atoms with Crippen molar-refractivity contribution in [3.8, 4) is 23.1 Å². The molecule has 0 saturated heterocycles. The maximum Gasteiger partial charge on any atom is 0.248 e. The monoisotopic (exact) mass is 435 g/mol. The van der Waals surface area contributed by atoms with Crippen LogP contribution in [-0.2, 0) is 11.2 Å². The molecule has 2 amide bonds. The molecule has 9 nitrogen and oxygen atoms in total. The van der Waals surface area contributed by atoms with E-state index in [0.29, 0.717) is 41.1 Å². The minimum absolute atomic E-state index is 0.184. The lowest BCUT2D eigenvalue weighted by Crippen LogP contribution is -2.12. The van der Waals surface area contributed by atoms with Gasteiger partial charge >= 0.3 is 0 Å². The first-order valence-corrected chi connectivity index (χ1v) is 10.2. The second-order valence-electron chi connectivity index (χ2n) is 6.44. The third-order valence-corrected chi connectivity index (χ3v) is 4.85. The number of ether oxygens (including phenoxy) is 1. The van der Waals surface area contributed by atoms with E-state index in [1.54, 1.807) is 41.7 Å². The van der Waals surface area contributed by atoms with Gasteiger partial charge in [0.05, 0.1) is 11.9 Å². The highest BCUT2D eigenvalue weighted by Crippen LogP contribution is 2.22. The van der Waals surface area contributed by atoms with E-state index in [-0.39, 0.29) is 12.3 Å². The fourth-order valence-corrected chi connectivity index (χ4v) is 3.28.